The van der Waals surface area contributed by atoms with E-state index in [9.17, 15) is 17.2 Å². The number of aromatic nitrogens is 1. The fourth-order valence-corrected chi connectivity index (χ4v) is 3.37. The maximum absolute atomic E-state index is 13.4. The Bertz CT molecular complexity index is 771. The van der Waals surface area contributed by atoms with E-state index in [1.54, 1.807) is 0 Å². The zero-order valence-electron chi connectivity index (χ0n) is 9.57. The number of pyridine rings is 1. The first-order valence-electron chi connectivity index (χ1n) is 5.08. The van der Waals surface area contributed by atoms with Crippen molar-refractivity contribution in [3.8, 4) is 0 Å². The van der Waals surface area contributed by atoms with Crippen molar-refractivity contribution in [1.29, 1.82) is 0 Å². The van der Waals surface area contributed by atoms with E-state index in [2.05, 4.69) is 20.9 Å². The number of benzene rings is 1. The Hall–Kier alpha value is -1.25. The zero-order chi connectivity index (χ0) is 14.9. The Kier molecular flexibility index (Phi) is 4.26. The van der Waals surface area contributed by atoms with Gasteiger partial charge in [0.15, 0.2) is 0 Å². The van der Waals surface area contributed by atoms with Gasteiger partial charge in [0.1, 0.15) is 21.7 Å². The lowest BCUT2D eigenvalue weighted by molar-refractivity contribution is 0.594. The van der Waals surface area contributed by atoms with Crippen molar-refractivity contribution >= 4 is 43.2 Å². The molecule has 2 rings (SSSR count). The number of sulfonamides is 1. The predicted molar refractivity (Wildman–Crippen MR) is 74.1 cm³/mol. The molecule has 1 N–H and O–H groups in total. The number of rotatable bonds is 3. The van der Waals surface area contributed by atoms with E-state index in [0.717, 1.165) is 18.2 Å². The van der Waals surface area contributed by atoms with Gasteiger partial charge in [-0.2, -0.15) is 0 Å². The molecule has 0 spiro atoms. The molecule has 0 bridgehead atoms. The molecule has 0 saturated carbocycles. The molecule has 0 atom stereocenters. The Morgan fingerprint density at radius 3 is 2.65 bits per heavy atom. The van der Waals surface area contributed by atoms with Crippen molar-refractivity contribution in [2.45, 2.75) is 4.90 Å². The van der Waals surface area contributed by atoms with Gasteiger partial charge in [-0.05, 0) is 34.1 Å². The van der Waals surface area contributed by atoms with E-state index in [0.29, 0.717) is 4.47 Å². The molecule has 0 aliphatic rings. The summed E-state index contributed by atoms with van der Waals surface area (Å²) in [4.78, 5) is 3.31. The Labute approximate surface area is 127 Å². The minimum absolute atomic E-state index is 0.280. The fraction of sp³-hybridized carbons (Fsp3) is 0. The van der Waals surface area contributed by atoms with Gasteiger partial charge < -0.3 is 0 Å². The largest absolute Gasteiger partial charge is 0.276 e. The molecule has 0 amide bonds. The number of halogens is 4. The van der Waals surface area contributed by atoms with Crippen LogP contribution in [0.4, 0.5) is 14.5 Å². The molecular formula is C11H6BrClF2N2O2S. The number of nitrogens with one attached hydrogen (secondary N) is 1. The van der Waals surface area contributed by atoms with Crippen molar-refractivity contribution in [2.75, 3.05) is 4.72 Å². The molecule has 1 aromatic carbocycles. The van der Waals surface area contributed by atoms with E-state index < -0.39 is 27.3 Å². The van der Waals surface area contributed by atoms with E-state index in [4.69, 9.17) is 11.6 Å². The van der Waals surface area contributed by atoms with Gasteiger partial charge in [0.25, 0.3) is 10.0 Å². The second-order valence-electron chi connectivity index (χ2n) is 3.67. The van der Waals surface area contributed by atoms with Gasteiger partial charge in [0.05, 0.1) is 5.69 Å². The van der Waals surface area contributed by atoms with Crippen molar-refractivity contribution < 1.29 is 17.2 Å². The van der Waals surface area contributed by atoms with Crippen LogP contribution < -0.4 is 4.72 Å². The van der Waals surface area contributed by atoms with Gasteiger partial charge in [-0.1, -0.05) is 11.6 Å². The summed E-state index contributed by atoms with van der Waals surface area (Å²) in [5, 5.41) is -0.280. The molecule has 0 aliphatic heterocycles. The minimum Gasteiger partial charge on any atom is -0.276 e. The lowest BCUT2D eigenvalue weighted by atomic mass is 10.3. The van der Waals surface area contributed by atoms with Crippen LogP contribution >= 0.6 is 27.5 Å². The van der Waals surface area contributed by atoms with Gasteiger partial charge in [0, 0.05) is 16.7 Å². The highest BCUT2D eigenvalue weighted by Gasteiger charge is 2.21. The van der Waals surface area contributed by atoms with Gasteiger partial charge in [-0.25, -0.2) is 22.2 Å². The summed E-state index contributed by atoms with van der Waals surface area (Å²) < 4.78 is 53.0. The molecule has 4 nitrogen and oxygen atoms in total. The zero-order valence-corrected chi connectivity index (χ0v) is 12.7. The van der Waals surface area contributed by atoms with E-state index in [1.165, 1.54) is 12.3 Å². The summed E-state index contributed by atoms with van der Waals surface area (Å²) in [7, 11) is -4.19. The van der Waals surface area contributed by atoms with E-state index in [1.807, 2.05) is 4.72 Å². The molecule has 1 aromatic heterocycles. The van der Waals surface area contributed by atoms with Crippen LogP contribution in [0.5, 0.6) is 0 Å². The van der Waals surface area contributed by atoms with Crippen molar-refractivity contribution in [1.82, 2.24) is 4.98 Å². The van der Waals surface area contributed by atoms with Crippen LogP contribution in [0.2, 0.25) is 5.15 Å². The van der Waals surface area contributed by atoms with Crippen LogP contribution in [-0.4, -0.2) is 13.4 Å². The topological polar surface area (TPSA) is 59.1 Å². The highest BCUT2D eigenvalue weighted by Crippen LogP contribution is 2.26. The molecule has 0 fully saturated rings. The first kappa shape index (κ1) is 15.1. The Morgan fingerprint density at radius 1 is 1.25 bits per heavy atom. The summed E-state index contributed by atoms with van der Waals surface area (Å²) in [6, 6.07) is 3.62. The Morgan fingerprint density at radius 2 is 1.95 bits per heavy atom. The summed E-state index contributed by atoms with van der Waals surface area (Å²) in [6.07, 6.45) is 1.31. The number of anilines is 1. The maximum atomic E-state index is 13.4. The third kappa shape index (κ3) is 3.25. The van der Waals surface area contributed by atoms with Crippen LogP contribution in [0.1, 0.15) is 0 Å². The van der Waals surface area contributed by atoms with Crippen LogP contribution in [0, 0.1) is 11.6 Å². The summed E-state index contributed by atoms with van der Waals surface area (Å²) in [5.41, 5.74) is -0.513. The first-order chi connectivity index (χ1) is 9.29. The average Bonchev–Trinajstić information content (AvgIpc) is 2.36. The molecular weight excluding hydrogens is 378 g/mol. The fourth-order valence-electron chi connectivity index (χ4n) is 1.37. The SMILES string of the molecule is O=S(=O)(Nc1cc(F)ccc1F)c1cc(Br)cnc1Cl. The molecule has 0 aliphatic carbocycles. The number of hydrogen-bond donors (Lipinski definition) is 1. The van der Waals surface area contributed by atoms with Crippen LogP contribution in [0.3, 0.4) is 0 Å². The highest BCUT2D eigenvalue weighted by molar-refractivity contribution is 9.10. The molecule has 0 saturated heterocycles. The minimum atomic E-state index is -4.19. The molecule has 0 unspecified atom stereocenters. The molecule has 0 radical (unpaired) electrons. The molecule has 9 heteroatoms. The van der Waals surface area contributed by atoms with E-state index >= 15 is 0 Å². The van der Waals surface area contributed by atoms with Gasteiger partial charge >= 0.3 is 0 Å². The number of nitrogens with zero attached hydrogens (tertiary/aromatic N) is 1. The molecule has 1 heterocycles. The van der Waals surface area contributed by atoms with Crippen LogP contribution in [0.15, 0.2) is 39.8 Å². The number of hydrogen-bond acceptors (Lipinski definition) is 3. The third-order valence-corrected chi connectivity index (χ3v) is 4.46. The monoisotopic (exact) mass is 382 g/mol. The lowest BCUT2D eigenvalue weighted by Crippen LogP contribution is -2.15. The standard InChI is InChI=1S/C11H6BrClF2N2O2S/c12-6-3-10(11(13)16-5-6)20(18,19)17-9-4-7(14)1-2-8(9)15/h1-5,17H. The van der Waals surface area contributed by atoms with Gasteiger partial charge in [0.2, 0.25) is 0 Å². The summed E-state index contributed by atoms with van der Waals surface area (Å²) in [6.45, 7) is 0. The molecule has 20 heavy (non-hydrogen) atoms. The second-order valence-corrected chi connectivity index (χ2v) is 6.60. The van der Waals surface area contributed by atoms with Crippen LogP contribution in [-0.2, 0) is 10.0 Å². The molecule has 2 aromatic rings. The van der Waals surface area contributed by atoms with Crippen molar-refractivity contribution in [3.05, 3.63) is 51.7 Å². The maximum Gasteiger partial charge on any atom is 0.265 e. The van der Waals surface area contributed by atoms with Gasteiger partial charge in [-0.15, -0.1) is 0 Å². The quantitative estimate of drug-likeness (QED) is 0.824. The Balaban J connectivity index is 2.46. The molecule has 106 valence electrons. The van der Waals surface area contributed by atoms with Gasteiger partial charge in [-0.3, -0.25) is 4.72 Å². The predicted octanol–water partition coefficient (Wildman–Crippen LogP) is 3.58. The van der Waals surface area contributed by atoms with Crippen LogP contribution in [0.25, 0.3) is 0 Å². The first-order valence-corrected chi connectivity index (χ1v) is 7.74. The normalized spacial score (nSPS) is 11.4. The lowest BCUT2D eigenvalue weighted by Gasteiger charge is -2.10. The second kappa shape index (κ2) is 5.63. The smallest absolute Gasteiger partial charge is 0.265 e. The van der Waals surface area contributed by atoms with E-state index in [-0.39, 0.29) is 10.0 Å². The average molecular weight is 384 g/mol. The highest BCUT2D eigenvalue weighted by atomic mass is 79.9. The van der Waals surface area contributed by atoms with Crippen molar-refractivity contribution in [2.24, 2.45) is 0 Å². The summed E-state index contributed by atoms with van der Waals surface area (Å²) >= 11 is 8.75. The third-order valence-electron chi connectivity index (χ3n) is 2.24. The van der Waals surface area contributed by atoms with Crippen molar-refractivity contribution in [3.63, 3.8) is 0 Å². The summed E-state index contributed by atoms with van der Waals surface area (Å²) in [5.74, 6) is -1.68.